The van der Waals surface area contributed by atoms with E-state index in [1.54, 1.807) is 0 Å². The molecule has 0 spiro atoms. The molecule has 3 aromatic carbocycles. The van der Waals surface area contributed by atoms with Gasteiger partial charge in [0.15, 0.2) is 0 Å². The molecule has 0 saturated carbocycles. The third kappa shape index (κ3) is 3.55. The zero-order valence-electron chi connectivity index (χ0n) is 15.4. The fourth-order valence-corrected chi connectivity index (χ4v) is 3.08. The fourth-order valence-electron chi connectivity index (χ4n) is 3.08. The van der Waals surface area contributed by atoms with Crippen LogP contribution in [0.4, 0.5) is 5.69 Å². The smallest absolute Gasteiger partial charge is 0.258 e. The highest BCUT2D eigenvalue weighted by molar-refractivity contribution is 6.15. The van der Waals surface area contributed by atoms with Gasteiger partial charge in [-0.25, -0.2) is 0 Å². The molecule has 4 rings (SSSR count). The molecule has 5 heteroatoms. The van der Waals surface area contributed by atoms with E-state index in [1.807, 2.05) is 85.8 Å². The summed E-state index contributed by atoms with van der Waals surface area (Å²) in [5.74, 6) is 0.538. The number of ether oxygens (including phenoxy) is 1. The van der Waals surface area contributed by atoms with E-state index in [2.05, 4.69) is 15.5 Å². The van der Waals surface area contributed by atoms with Gasteiger partial charge in [0.1, 0.15) is 11.4 Å². The number of aromatic nitrogens is 2. The molecule has 1 aromatic heterocycles. The van der Waals surface area contributed by atoms with Crippen LogP contribution in [0.15, 0.2) is 78.9 Å². The van der Waals surface area contributed by atoms with E-state index in [0.717, 1.165) is 16.7 Å². The second-order valence-electron chi connectivity index (χ2n) is 6.22. The molecule has 0 fully saturated rings. The normalized spacial score (nSPS) is 10.6. The molecule has 5 nitrogen and oxygen atoms in total. The Kier molecular flexibility index (Phi) is 4.97. The molecule has 1 amide bonds. The fraction of sp³-hybridized carbons (Fsp3) is 0.0870. The quantitative estimate of drug-likeness (QED) is 0.541. The number of anilines is 1. The van der Waals surface area contributed by atoms with Gasteiger partial charge < -0.3 is 10.1 Å². The van der Waals surface area contributed by atoms with Crippen LogP contribution in [0.25, 0.3) is 22.2 Å². The molecule has 0 unspecified atom stereocenters. The van der Waals surface area contributed by atoms with E-state index >= 15 is 0 Å². The summed E-state index contributed by atoms with van der Waals surface area (Å²) in [6.07, 6.45) is 0. The summed E-state index contributed by atoms with van der Waals surface area (Å²) >= 11 is 0. The van der Waals surface area contributed by atoms with Gasteiger partial charge >= 0.3 is 0 Å². The summed E-state index contributed by atoms with van der Waals surface area (Å²) < 4.78 is 5.45. The Morgan fingerprint density at radius 2 is 1.61 bits per heavy atom. The van der Waals surface area contributed by atoms with Crippen molar-refractivity contribution in [1.29, 1.82) is 0 Å². The molecular weight excluding hydrogens is 350 g/mol. The van der Waals surface area contributed by atoms with Crippen LogP contribution in [0, 0.1) is 0 Å². The predicted molar refractivity (Wildman–Crippen MR) is 111 cm³/mol. The maximum Gasteiger partial charge on any atom is 0.258 e. The minimum Gasteiger partial charge on any atom is -0.494 e. The topological polar surface area (TPSA) is 64.1 Å². The van der Waals surface area contributed by atoms with Gasteiger partial charge in [0, 0.05) is 16.6 Å². The van der Waals surface area contributed by atoms with Gasteiger partial charge in [0.25, 0.3) is 5.91 Å². The van der Waals surface area contributed by atoms with E-state index < -0.39 is 0 Å². The largest absolute Gasteiger partial charge is 0.494 e. The first-order valence-corrected chi connectivity index (χ1v) is 9.11. The van der Waals surface area contributed by atoms with Gasteiger partial charge in [-0.05, 0) is 37.3 Å². The molecule has 28 heavy (non-hydrogen) atoms. The Morgan fingerprint density at radius 1 is 0.893 bits per heavy atom. The number of nitrogens with one attached hydrogen (secondary N) is 1. The average molecular weight is 369 g/mol. The van der Waals surface area contributed by atoms with Gasteiger partial charge in [-0.1, -0.05) is 48.5 Å². The number of fused-ring (bicyclic) bond motifs is 1. The standard InChI is InChI=1S/C23H19N3O2/c1-2-28-18-14-12-17(13-15-18)24-23(27)21-19-10-6-7-11-20(19)25-26-22(21)16-8-4-3-5-9-16/h3-15H,2H2,1H3,(H,24,27). The van der Waals surface area contributed by atoms with E-state index in [1.165, 1.54) is 0 Å². The summed E-state index contributed by atoms with van der Waals surface area (Å²) in [5, 5.41) is 12.4. The Hall–Kier alpha value is -3.73. The minimum absolute atomic E-state index is 0.228. The Balaban J connectivity index is 1.76. The lowest BCUT2D eigenvalue weighted by Crippen LogP contribution is -2.15. The van der Waals surface area contributed by atoms with Crippen LogP contribution in [0.1, 0.15) is 17.3 Å². The second-order valence-corrected chi connectivity index (χ2v) is 6.22. The van der Waals surface area contributed by atoms with Gasteiger partial charge in [-0.3, -0.25) is 4.79 Å². The molecule has 0 saturated heterocycles. The van der Waals surface area contributed by atoms with Crippen LogP contribution in [-0.4, -0.2) is 22.7 Å². The Morgan fingerprint density at radius 3 is 2.36 bits per heavy atom. The number of rotatable bonds is 5. The van der Waals surface area contributed by atoms with Crippen LogP contribution in [0.2, 0.25) is 0 Å². The lowest BCUT2D eigenvalue weighted by Gasteiger charge is -2.12. The van der Waals surface area contributed by atoms with Gasteiger partial charge in [0.2, 0.25) is 0 Å². The van der Waals surface area contributed by atoms with Crippen molar-refractivity contribution < 1.29 is 9.53 Å². The van der Waals surface area contributed by atoms with Crippen LogP contribution in [0.3, 0.4) is 0 Å². The zero-order valence-corrected chi connectivity index (χ0v) is 15.4. The van der Waals surface area contributed by atoms with Crippen LogP contribution in [0.5, 0.6) is 5.75 Å². The highest BCUT2D eigenvalue weighted by Gasteiger charge is 2.19. The van der Waals surface area contributed by atoms with Crippen LogP contribution in [-0.2, 0) is 0 Å². The third-order valence-corrected chi connectivity index (χ3v) is 4.37. The molecule has 4 aromatic rings. The molecule has 138 valence electrons. The van der Waals surface area contributed by atoms with E-state index in [0.29, 0.717) is 29.1 Å². The highest BCUT2D eigenvalue weighted by atomic mass is 16.5. The molecule has 0 atom stereocenters. The summed E-state index contributed by atoms with van der Waals surface area (Å²) in [7, 11) is 0. The SMILES string of the molecule is CCOc1ccc(NC(=O)c2c(-c3ccccc3)nnc3ccccc23)cc1. The summed E-state index contributed by atoms with van der Waals surface area (Å²) in [5.41, 5.74) is 3.28. The van der Waals surface area contributed by atoms with Crippen molar-refractivity contribution in [2.75, 3.05) is 11.9 Å². The number of benzene rings is 3. The molecule has 1 heterocycles. The first kappa shape index (κ1) is 17.7. The van der Waals surface area contributed by atoms with Crippen LogP contribution < -0.4 is 10.1 Å². The maximum atomic E-state index is 13.2. The Labute approximate surface area is 163 Å². The maximum absolute atomic E-state index is 13.2. The monoisotopic (exact) mass is 369 g/mol. The zero-order chi connectivity index (χ0) is 19.3. The molecule has 0 aliphatic carbocycles. The number of hydrogen-bond donors (Lipinski definition) is 1. The van der Waals surface area contributed by atoms with E-state index in [-0.39, 0.29) is 5.91 Å². The number of amides is 1. The van der Waals surface area contributed by atoms with Crippen molar-refractivity contribution in [3.63, 3.8) is 0 Å². The van der Waals surface area contributed by atoms with Crippen molar-refractivity contribution in [1.82, 2.24) is 10.2 Å². The van der Waals surface area contributed by atoms with Crippen molar-refractivity contribution in [3.05, 3.63) is 84.4 Å². The van der Waals surface area contributed by atoms with E-state index in [9.17, 15) is 4.79 Å². The first-order chi connectivity index (χ1) is 13.8. The molecular formula is C23H19N3O2. The lowest BCUT2D eigenvalue weighted by molar-refractivity contribution is 0.102. The predicted octanol–water partition coefficient (Wildman–Crippen LogP) is 4.95. The Bertz CT molecular complexity index is 1110. The number of hydrogen-bond acceptors (Lipinski definition) is 4. The van der Waals surface area contributed by atoms with Gasteiger partial charge in [0.05, 0.1) is 17.7 Å². The molecule has 0 aliphatic heterocycles. The molecule has 1 N–H and O–H groups in total. The molecule has 0 radical (unpaired) electrons. The summed E-state index contributed by atoms with van der Waals surface area (Å²) in [6.45, 7) is 2.53. The first-order valence-electron chi connectivity index (χ1n) is 9.11. The number of carbonyl (C=O) groups is 1. The second kappa shape index (κ2) is 7.88. The van der Waals surface area contributed by atoms with Gasteiger partial charge in [-0.2, -0.15) is 0 Å². The summed E-state index contributed by atoms with van der Waals surface area (Å²) in [6, 6.07) is 24.4. The van der Waals surface area contributed by atoms with Crippen LogP contribution >= 0.6 is 0 Å². The number of carbonyl (C=O) groups excluding carboxylic acids is 1. The highest BCUT2D eigenvalue weighted by Crippen LogP contribution is 2.28. The van der Waals surface area contributed by atoms with Crippen molar-refractivity contribution in [3.8, 4) is 17.0 Å². The third-order valence-electron chi connectivity index (χ3n) is 4.37. The van der Waals surface area contributed by atoms with Crippen molar-refractivity contribution in [2.45, 2.75) is 6.92 Å². The van der Waals surface area contributed by atoms with Crippen molar-refractivity contribution >= 4 is 22.5 Å². The van der Waals surface area contributed by atoms with Gasteiger partial charge in [-0.15, -0.1) is 10.2 Å². The lowest BCUT2D eigenvalue weighted by atomic mass is 10.0. The number of nitrogens with zero attached hydrogens (tertiary/aromatic N) is 2. The summed E-state index contributed by atoms with van der Waals surface area (Å²) in [4.78, 5) is 13.2. The van der Waals surface area contributed by atoms with E-state index in [4.69, 9.17) is 4.74 Å². The minimum atomic E-state index is -0.228. The molecule has 0 bridgehead atoms. The molecule has 0 aliphatic rings. The average Bonchev–Trinajstić information content (AvgIpc) is 2.75. The van der Waals surface area contributed by atoms with Crippen molar-refractivity contribution in [2.24, 2.45) is 0 Å².